The smallest absolute Gasteiger partial charge is 0.308 e. The number of hydrogen-bond acceptors (Lipinski definition) is 7. The maximum absolute atomic E-state index is 12.6. The van der Waals surface area contributed by atoms with Crippen molar-refractivity contribution >= 4 is 11.9 Å². The van der Waals surface area contributed by atoms with Crippen molar-refractivity contribution in [3.63, 3.8) is 0 Å². The lowest BCUT2D eigenvalue weighted by Crippen LogP contribution is -2.53. The third-order valence-electron chi connectivity index (χ3n) is 7.60. The Labute approximate surface area is 177 Å². The highest BCUT2D eigenvalue weighted by atomic mass is 16.6. The first-order valence-electron chi connectivity index (χ1n) is 11.4. The van der Waals surface area contributed by atoms with Crippen molar-refractivity contribution in [1.29, 1.82) is 0 Å². The van der Waals surface area contributed by atoms with Crippen molar-refractivity contribution in [1.82, 2.24) is 0 Å². The molecule has 3 fully saturated rings. The van der Waals surface area contributed by atoms with Crippen LogP contribution in [-0.2, 0) is 23.8 Å². The van der Waals surface area contributed by atoms with Crippen LogP contribution in [-0.4, -0.2) is 58.3 Å². The highest BCUT2D eigenvalue weighted by Gasteiger charge is 2.71. The number of carbonyl (C=O) groups excluding carboxylic acids is 2. The first-order valence-corrected chi connectivity index (χ1v) is 11.4. The van der Waals surface area contributed by atoms with Crippen LogP contribution in [0.5, 0.6) is 0 Å². The average Bonchev–Trinajstić information content (AvgIpc) is 3.42. The fourth-order valence-electron chi connectivity index (χ4n) is 5.67. The van der Waals surface area contributed by atoms with Crippen molar-refractivity contribution in [2.45, 2.75) is 95.4 Å². The lowest BCUT2D eigenvalue weighted by atomic mass is 9.61. The lowest BCUT2D eigenvalue weighted by molar-refractivity contribution is -0.165. The maximum Gasteiger partial charge on any atom is 0.308 e. The molecule has 0 unspecified atom stereocenters. The van der Waals surface area contributed by atoms with Crippen LogP contribution in [0.25, 0.3) is 0 Å². The van der Waals surface area contributed by atoms with E-state index in [4.69, 9.17) is 14.2 Å². The van der Waals surface area contributed by atoms with Crippen LogP contribution in [0, 0.1) is 23.7 Å². The molecule has 7 nitrogen and oxygen atoms in total. The molecule has 2 saturated heterocycles. The standard InChI is InChI=1S/C23H34O7/c1-4-12(2)22(27)29-18-11-17(25)21-23(30-21)8-7-13(3)16(20(18)23)6-5-15-9-14(24)10-19(26)28-15/h7-8,12-18,20-21,24-25H,4-6,9-11H2,1-3H3/t12-,13-,14+,15+,16-,17-,18-,20-,21-,23+/m0/s1. The Morgan fingerprint density at radius 2 is 2.10 bits per heavy atom. The first kappa shape index (κ1) is 21.8. The van der Waals surface area contributed by atoms with Gasteiger partial charge in [-0.05, 0) is 31.1 Å². The molecule has 4 rings (SSSR count). The molecule has 2 heterocycles. The zero-order valence-corrected chi connectivity index (χ0v) is 18.0. The zero-order valence-electron chi connectivity index (χ0n) is 18.0. The molecule has 0 amide bonds. The molecule has 0 radical (unpaired) electrons. The van der Waals surface area contributed by atoms with E-state index in [0.717, 1.165) is 6.42 Å². The van der Waals surface area contributed by atoms with Gasteiger partial charge in [0.1, 0.15) is 23.9 Å². The quantitative estimate of drug-likeness (QED) is 0.384. The van der Waals surface area contributed by atoms with E-state index in [1.165, 1.54) is 0 Å². The molecule has 0 aromatic heterocycles. The highest BCUT2D eigenvalue weighted by molar-refractivity contribution is 5.72. The van der Waals surface area contributed by atoms with Crippen molar-refractivity contribution in [2.75, 3.05) is 0 Å². The Hall–Kier alpha value is -1.44. The first-order chi connectivity index (χ1) is 14.2. The van der Waals surface area contributed by atoms with Gasteiger partial charge in [-0.25, -0.2) is 0 Å². The van der Waals surface area contributed by atoms with Gasteiger partial charge in [0.2, 0.25) is 0 Å². The predicted molar refractivity (Wildman–Crippen MR) is 107 cm³/mol. The van der Waals surface area contributed by atoms with Crippen LogP contribution in [0.15, 0.2) is 12.2 Å². The molecule has 7 heteroatoms. The van der Waals surface area contributed by atoms with E-state index in [9.17, 15) is 19.8 Å². The minimum Gasteiger partial charge on any atom is -0.462 e. The molecule has 30 heavy (non-hydrogen) atoms. The molecule has 1 saturated carbocycles. The molecule has 0 bridgehead atoms. The number of ether oxygens (including phenoxy) is 3. The third-order valence-corrected chi connectivity index (χ3v) is 7.60. The van der Waals surface area contributed by atoms with E-state index in [1.54, 1.807) is 0 Å². The molecular weight excluding hydrogens is 388 g/mol. The summed E-state index contributed by atoms with van der Waals surface area (Å²) in [6.07, 6.45) is 4.99. The molecular formula is C23H34O7. The Balaban J connectivity index is 1.51. The van der Waals surface area contributed by atoms with E-state index < -0.39 is 23.9 Å². The summed E-state index contributed by atoms with van der Waals surface area (Å²) >= 11 is 0. The van der Waals surface area contributed by atoms with E-state index in [2.05, 4.69) is 19.1 Å². The van der Waals surface area contributed by atoms with Crippen LogP contribution >= 0.6 is 0 Å². The number of allylic oxidation sites excluding steroid dienone is 1. The monoisotopic (exact) mass is 422 g/mol. The number of aliphatic hydroxyl groups is 2. The van der Waals surface area contributed by atoms with Crippen molar-refractivity contribution in [2.24, 2.45) is 23.7 Å². The van der Waals surface area contributed by atoms with Gasteiger partial charge in [0.15, 0.2) is 0 Å². The molecule has 4 aliphatic rings. The number of carbonyl (C=O) groups is 2. The molecule has 168 valence electrons. The fourth-order valence-corrected chi connectivity index (χ4v) is 5.67. The SMILES string of the molecule is CC[C@H](C)C(=O)O[C@H]1C[C@H](O)[C@@H]2O[C@@]23C=C[C@H](C)[C@H](CC[C@@H]2C[C@@H](O)CC(=O)O2)[C@@H]13. The Morgan fingerprint density at radius 3 is 2.80 bits per heavy atom. The van der Waals surface area contributed by atoms with Crippen LogP contribution in [0.3, 0.4) is 0 Å². The largest absolute Gasteiger partial charge is 0.462 e. The molecule has 2 aliphatic heterocycles. The summed E-state index contributed by atoms with van der Waals surface area (Å²) in [5.74, 6) is -0.389. The summed E-state index contributed by atoms with van der Waals surface area (Å²) in [6, 6.07) is 0. The minimum atomic E-state index is -0.649. The second kappa shape index (κ2) is 8.24. The molecule has 1 spiro atoms. The normalized spacial score (nSPS) is 45.7. The van der Waals surface area contributed by atoms with Gasteiger partial charge in [-0.15, -0.1) is 0 Å². The van der Waals surface area contributed by atoms with E-state index in [0.29, 0.717) is 25.7 Å². The lowest BCUT2D eigenvalue weighted by Gasteiger charge is -2.45. The fraction of sp³-hybridized carbons (Fsp3) is 0.826. The van der Waals surface area contributed by atoms with Crippen molar-refractivity contribution < 1.29 is 34.0 Å². The topological polar surface area (TPSA) is 106 Å². The number of esters is 2. The van der Waals surface area contributed by atoms with Gasteiger partial charge in [0, 0.05) is 18.8 Å². The molecule has 2 aliphatic carbocycles. The van der Waals surface area contributed by atoms with Gasteiger partial charge in [-0.2, -0.15) is 0 Å². The summed E-state index contributed by atoms with van der Waals surface area (Å²) in [5.41, 5.74) is -0.571. The second-order valence-corrected chi connectivity index (χ2v) is 9.67. The Bertz CT molecular complexity index is 706. The molecule has 2 N–H and O–H groups in total. The number of hydrogen-bond donors (Lipinski definition) is 2. The van der Waals surface area contributed by atoms with Crippen LogP contribution < -0.4 is 0 Å². The van der Waals surface area contributed by atoms with Crippen LogP contribution in [0.2, 0.25) is 0 Å². The maximum atomic E-state index is 12.6. The minimum absolute atomic E-state index is 0.0388. The number of rotatable bonds is 6. The van der Waals surface area contributed by atoms with Gasteiger partial charge in [0.05, 0.1) is 24.5 Å². The molecule has 10 atom stereocenters. The van der Waals surface area contributed by atoms with Gasteiger partial charge < -0.3 is 24.4 Å². The predicted octanol–water partition coefficient (Wildman–Crippen LogP) is 2.13. The summed E-state index contributed by atoms with van der Waals surface area (Å²) in [4.78, 5) is 24.2. The van der Waals surface area contributed by atoms with Gasteiger partial charge in [-0.3, -0.25) is 9.59 Å². The van der Waals surface area contributed by atoms with E-state index in [-0.39, 0.29) is 54.2 Å². The van der Waals surface area contributed by atoms with Crippen molar-refractivity contribution in [3.05, 3.63) is 12.2 Å². The van der Waals surface area contributed by atoms with E-state index >= 15 is 0 Å². The number of cyclic esters (lactones) is 1. The van der Waals surface area contributed by atoms with Gasteiger partial charge >= 0.3 is 11.9 Å². The Kier molecular flexibility index (Phi) is 5.99. The number of epoxide rings is 1. The molecule has 0 aromatic carbocycles. The summed E-state index contributed by atoms with van der Waals surface area (Å²) in [5, 5.41) is 20.4. The highest BCUT2D eigenvalue weighted by Crippen LogP contribution is 2.59. The second-order valence-electron chi connectivity index (χ2n) is 9.67. The summed E-state index contributed by atoms with van der Waals surface area (Å²) in [7, 11) is 0. The van der Waals surface area contributed by atoms with E-state index in [1.807, 2.05) is 13.8 Å². The van der Waals surface area contributed by atoms with Crippen molar-refractivity contribution in [3.8, 4) is 0 Å². The summed E-state index contributed by atoms with van der Waals surface area (Å²) in [6.45, 7) is 5.96. The van der Waals surface area contributed by atoms with Crippen LogP contribution in [0.4, 0.5) is 0 Å². The third kappa shape index (κ3) is 3.92. The number of aliphatic hydroxyl groups excluding tert-OH is 2. The zero-order chi connectivity index (χ0) is 21.6. The van der Waals surface area contributed by atoms with Gasteiger partial charge in [0.25, 0.3) is 0 Å². The van der Waals surface area contributed by atoms with Crippen LogP contribution in [0.1, 0.15) is 59.3 Å². The Morgan fingerprint density at radius 1 is 1.33 bits per heavy atom. The average molecular weight is 423 g/mol. The summed E-state index contributed by atoms with van der Waals surface area (Å²) < 4.78 is 17.4. The van der Waals surface area contributed by atoms with Gasteiger partial charge in [-0.1, -0.05) is 32.9 Å². The molecule has 0 aromatic rings.